The molecule has 0 unspecified atom stereocenters. The molecular weight excluding hydrogens is 420 g/mol. The predicted molar refractivity (Wildman–Crippen MR) is 123 cm³/mol. The third kappa shape index (κ3) is 3.49. The van der Waals surface area contributed by atoms with Crippen LogP contribution in [0.4, 0.5) is 0 Å². The molecule has 3 aromatic rings. The summed E-state index contributed by atoms with van der Waals surface area (Å²) in [6, 6.07) is 11.7. The van der Waals surface area contributed by atoms with Crippen LogP contribution in [-0.4, -0.2) is 33.6 Å². The highest BCUT2D eigenvalue weighted by Crippen LogP contribution is 2.44. The summed E-state index contributed by atoms with van der Waals surface area (Å²) in [6.45, 7) is 2.87. The molecule has 1 aromatic carbocycles. The number of amides is 1. The zero-order valence-corrected chi connectivity index (χ0v) is 18.8. The highest BCUT2D eigenvalue weighted by molar-refractivity contribution is 7.10. The van der Waals surface area contributed by atoms with Crippen LogP contribution in [0.5, 0.6) is 0 Å². The van der Waals surface area contributed by atoms with E-state index in [0.29, 0.717) is 11.5 Å². The number of aromatic nitrogens is 2. The molecule has 3 heterocycles. The first-order valence-electron chi connectivity index (χ1n) is 10.7. The highest BCUT2D eigenvalue weighted by Gasteiger charge is 2.49. The molecule has 2 aromatic heterocycles. The lowest BCUT2D eigenvalue weighted by Crippen LogP contribution is -2.62. The molecule has 0 spiro atoms. The Morgan fingerprint density at radius 2 is 2.16 bits per heavy atom. The van der Waals surface area contributed by atoms with Crippen LogP contribution in [0.2, 0.25) is 0 Å². The molecule has 2 atom stereocenters. The van der Waals surface area contributed by atoms with E-state index in [2.05, 4.69) is 22.6 Å². The van der Waals surface area contributed by atoms with Gasteiger partial charge in [-0.3, -0.25) is 19.8 Å². The van der Waals surface area contributed by atoms with Crippen molar-refractivity contribution in [2.24, 2.45) is 5.92 Å². The van der Waals surface area contributed by atoms with Gasteiger partial charge < -0.3 is 5.32 Å². The fraction of sp³-hybridized carbons (Fsp3) is 0.333. The van der Waals surface area contributed by atoms with Gasteiger partial charge in [0, 0.05) is 30.2 Å². The van der Waals surface area contributed by atoms with Crippen molar-refractivity contribution >= 4 is 23.2 Å². The van der Waals surface area contributed by atoms with E-state index in [1.165, 1.54) is 17.7 Å². The number of nitriles is 1. The van der Waals surface area contributed by atoms with E-state index < -0.39 is 11.5 Å². The smallest absolute Gasteiger partial charge is 0.239 e. The Bertz CT molecular complexity index is 1250. The lowest BCUT2D eigenvalue weighted by molar-refractivity contribution is -0.131. The Balaban J connectivity index is 1.54. The van der Waals surface area contributed by atoms with E-state index in [4.69, 9.17) is 5.41 Å². The minimum absolute atomic E-state index is 0.0838. The molecule has 1 amide bonds. The van der Waals surface area contributed by atoms with Crippen LogP contribution >= 0.6 is 11.3 Å². The first-order valence-corrected chi connectivity index (χ1v) is 11.5. The summed E-state index contributed by atoms with van der Waals surface area (Å²) in [5, 5.41) is 27.4. The maximum Gasteiger partial charge on any atom is 0.239 e. The molecule has 5 rings (SSSR count). The summed E-state index contributed by atoms with van der Waals surface area (Å²) < 4.78 is 1.94. The molecule has 8 heteroatoms. The second-order valence-electron chi connectivity index (χ2n) is 8.84. The van der Waals surface area contributed by atoms with Gasteiger partial charge in [-0.05, 0) is 60.4 Å². The highest BCUT2D eigenvalue weighted by atomic mass is 32.1. The van der Waals surface area contributed by atoms with Gasteiger partial charge in [-0.2, -0.15) is 10.4 Å². The molecule has 32 heavy (non-hydrogen) atoms. The summed E-state index contributed by atoms with van der Waals surface area (Å²) in [7, 11) is 1.63. The standard InChI is InChI=1S/C24H24N6OS/c1-24(20-9-18(14-32-20)17-5-3-4-16(8-17)10-25)21(22(31)29(2)23(26)28-24)19-11-27-30(13-19)12-15-6-7-15/h3-5,8-9,11,13-15,21H,6-7,12H2,1-2H3,(H2,26,28)/t21-,24+/m0/s1. The average molecular weight is 445 g/mol. The number of likely N-dealkylation sites (N-methyl/N-ethyl adjacent to an activating group) is 1. The summed E-state index contributed by atoms with van der Waals surface area (Å²) in [4.78, 5) is 15.7. The molecule has 1 aliphatic heterocycles. The van der Waals surface area contributed by atoms with Crippen molar-refractivity contribution in [3.63, 3.8) is 0 Å². The fourth-order valence-corrected chi connectivity index (χ4v) is 5.42. The van der Waals surface area contributed by atoms with Gasteiger partial charge in [0.15, 0.2) is 5.96 Å². The van der Waals surface area contributed by atoms with Crippen molar-refractivity contribution in [2.75, 3.05) is 7.05 Å². The number of nitrogens with one attached hydrogen (secondary N) is 2. The predicted octanol–water partition coefficient (Wildman–Crippen LogP) is 3.89. The number of hydrogen-bond acceptors (Lipinski definition) is 5. The number of rotatable bonds is 5. The number of carbonyl (C=O) groups is 1. The minimum atomic E-state index is -0.788. The number of benzene rings is 1. The molecule has 1 aliphatic carbocycles. The van der Waals surface area contributed by atoms with Crippen LogP contribution in [-0.2, 0) is 16.9 Å². The Labute approximate surface area is 190 Å². The number of carbonyl (C=O) groups excluding carboxylic acids is 1. The van der Waals surface area contributed by atoms with E-state index in [0.717, 1.165) is 28.1 Å². The van der Waals surface area contributed by atoms with E-state index >= 15 is 0 Å². The van der Waals surface area contributed by atoms with E-state index in [1.54, 1.807) is 30.6 Å². The largest absolute Gasteiger partial charge is 0.345 e. The van der Waals surface area contributed by atoms with Crippen LogP contribution in [0.3, 0.4) is 0 Å². The lowest BCUT2D eigenvalue weighted by Gasteiger charge is -2.44. The number of thiophene rings is 1. The molecule has 0 radical (unpaired) electrons. The minimum Gasteiger partial charge on any atom is -0.345 e. The normalized spacial score (nSPS) is 23.2. The molecule has 162 valence electrons. The Morgan fingerprint density at radius 3 is 2.91 bits per heavy atom. The van der Waals surface area contributed by atoms with Crippen molar-refractivity contribution in [3.05, 3.63) is 64.1 Å². The van der Waals surface area contributed by atoms with E-state index in [9.17, 15) is 10.1 Å². The summed E-state index contributed by atoms with van der Waals surface area (Å²) in [5.74, 6) is 0.143. The van der Waals surface area contributed by atoms with E-state index in [-0.39, 0.29) is 11.9 Å². The fourth-order valence-electron chi connectivity index (χ4n) is 4.35. The van der Waals surface area contributed by atoms with Gasteiger partial charge in [0.2, 0.25) is 5.91 Å². The second kappa shape index (κ2) is 7.61. The third-order valence-corrected chi connectivity index (χ3v) is 7.60. The molecule has 1 saturated heterocycles. The monoisotopic (exact) mass is 444 g/mol. The Hall–Kier alpha value is -3.44. The van der Waals surface area contributed by atoms with Gasteiger partial charge in [0.25, 0.3) is 0 Å². The van der Waals surface area contributed by atoms with Crippen LogP contribution in [0.1, 0.15) is 41.7 Å². The van der Waals surface area contributed by atoms with Crippen LogP contribution in [0, 0.1) is 22.7 Å². The number of guanidine groups is 1. The third-order valence-electron chi connectivity index (χ3n) is 6.43. The van der Waals surface area contributed by atoms with Crippen LogP contribution in [0.25, 0.3) is 11.1 Å². The van der Waals surface area contributed by atoms with Gasteiger partial charge in [-0.15, -0.1) is 11.3 Å². The zero-order chi connectivity index (χ0) is 22.5. The summed E-state index contributed by atoms with van der Waals surface area (Å²) >= 11 is 1.55. The van der Waals surface area contributed by atoms with Gasteiger partial charge in [-0.25, -0.2) is 0 Å². The summed E-state index contributed by atoms with van der Waals surface area (Å²) in [6.07, 6.45) is 6.25. The number of nitrogens with zero attached hydrogens (tertiary/aromatic N) is 4. The topological polar surface area (TPSA) is 97.8 Å². The molecule has 0 bridgehead atoms. The quantitative estimate of drug-likeness (QED) is 0.624. The van der Waals surface area contributed by atoms with Crippen LogP contribution in [0.15, 0.2) is 48.1 Å². The Kier molecular flexibility index (Phi) is 4.86. The lowest BCUT2D eigenvalue weighted by atomic mass is 9.77. The van der Waals surface area contributed by atoms with E-state index in [1.807, 2.05) is 41.4 Å². The molecular formula is C24H24N6OS. The van der Waals surface area contributed by atoms with Gasteiger partial charge in [-0.1, -0.05) is 12.1 Å². The Morgan fingerprint density at radius 1 is 1.34 bits per heavy atom. The second-order valence-corrected chi connectivity index (χ2v) is 9.75. The zero-order valence-electron chi connectivity index (χ0n) is 18.0. The maximum atomic E-state index is 13.4. The molecule has 7 nitrogen and oxygen atoms in total. The van der Waals surface area contributed by atoms with Crippen molar-refractivity contribution < 1.29 is 4.79 Å². The van der Waals surface area contributed by atoms with Gasteiger partial charge >= 0.3 is 0 Å². The van der Waals surface area contributed by atoms with Crippen molar-refractivity contribution in [1.29, 1.82) is 10.7 Å². The molecule has 2 N–H and O–H groups in total. The summed E-state index contributed by atoms with van der Waals surface area (Å²) in [5.41, 5.74) is 2.62. The van der Waals surface area contributed by atoms with Crippen LogP contribution < -0.4 is 5.32 Å². The molecule has 2 aliphatic rings. The van der Waals surface area contributed by atoms with Gasteiger partial charge in [0.05, 0.1) is 29.3 Å². The number of hydrogen-bond donors (Lipinski definition) is 2. The van der Waals surface area contributed by atoms with Crippen molar-refractivity contribution in [3.8, 4) is 17.2 Å². The first-order chi connectivity index (χ1) is 15.4. The SMILES string of the molecule is CN1C(=N)N[C@](C)(c2cc(-c3cccc(C#N)c3)cs2)[C@@H](c2cnn(CC3CC3)c2)C1=O. The molecule has 2 fully saturated rings. The van der Waals surface area contributed by atoms with Crippen molar-refractivity contribution in [2.45, 2.75) is 37.8 Å². The maximum absolute atomic E-state index is 13.4. The van der Waals surface area contributed by atoms with Gasteiger partial charge in [0.1, 0.15) is 0 Å². The first kappa shape index (κ1) is 20.5. The molecule has 1 saturated carbocycles. The van der Waals surface area contributed by atoms with Crippen molar-refractivity contribution in [1.82, 2.24) is 20.0 Å². The average Bonchev–Trinajstić information content (AvgIpc) is 3.25.